The van der Waals surface area contributed by atoms with Crippen molar-refractivity contribution in [1.82, 2.24) is 10.2 Å². The molecule has 3 fully saturated rings. The molecule has 0 aromatic carbocycles. The average molecular weight is 261 g/mol. The Bertz CT molecular complexity index is 367. The first-order valence-electron chi connectivity index (χ1n) is 8.06. The van der Waals surface area contributed by atoms with Crippen molar-refractivity contribution in [3.63, 3.8) is 0 Å². The van der Waals surface area contributed by atoms with Crippen molar-refractivity contribution < 1.29 is 0 Å². The summed E-state index contributed by atoms with van der Waals surface area (Å²) in [5, 5.41) is 13.5. The van der Waals surface area contributed by atoms with Gasteiger partial charge in [0.05, 0.1) is 6.07 Å². The zero-order valence-electron chi connectivity index (χ0n) is 12.4. The molecule has 1 aliphatic heterocycles. The fourth-order valence-electron chi connectivity index (χ4n) is 3.63. The number of hydrogen-bond acceptors (Lipinski definition) is 3. The molecule has 0 aromatic rings. The predicted molar refractivity (Wildman–Crippen MR) is 76.7 cm³/mol. The monoisotopic (exact) mass is 261 g/mol. The highest BCUT2D eigenvalue weighted by Crippen LogP contribution is 2.42. The molecule has 2 aliphatic carbocycles. The predicted octanol–water partition coefficient (Wildman–Crippen LogP) is 2.53. The van der Waals surface area contributed by atoms with Crippen molar-refractivity contribution in [2.24, 2.45) is 11.8 Å². The van der Waals surface area contributed by atoms with E-state index in [9.17, 15) is 5.26 Å². The van der Waals surface area contributed by atoms with E-state index in [-0.39, 0.29) is 5.54 Å². The summed E-state index contributed by atoms with van der Waals surface area (Å²) in [6.45, 7) is 6.81. The van der Waals surface area contributed by atoms with Gasteiger partial charge in [0.1, 0.15) is 5.54 Å². The Morgan fingerprint density at radius 1 is 1.21 bits per heavy atom. The van der Waals surface area contributed by atoms with E-state index in [1.807, 2.05) is 0 Å². The second-order valence-corrected chi connectivity index (χ2v) is 7.23. The second kappa shape index (κ2) is 5.07. The molecule has 0 amide bonds. The van der Waals surface area contributed by atoms with Crippen LogP contribution in [-0.2, 0) is 0 Å². The number of nitrogens with zero attached hydrogens (tertiary/aromatic N) is 2. The van der Waals surface area contributed by atoms with Gasteiger partial charge in [-0.05, 0) is 63.8 Å². The van der Waals surface area contributed by atoms with E-state index >= 15 is 0 Å². The van der Waals surface area contributed by atoms with Gasteiger partial charge in [0.15, 0.2) is 0 Å². The minimum atomic E-state index is -0.254. The van der Waals surface area contributed by atoms with Gasteiger partial charge in [-0.2, -0.15) is 5.26 Å². The lowest BCUT2D eigenvalue weighted by molar-refractivity contribution is 0.0961. The molecule has 3 atom stereocenters. The summed E-state index contributed by atoms with van der Waals surface area (Å²) in [4.78, 5) is 2.57. The van der Waals surface area contributed by atoms with Crippen molar-refractivity contribution in [2.75, 3.05) is 13.1 Å². The summed E-state index contributed by atoms with van der Waals surface area (Å²) in [6, 6.07) is 3.93. The molecule has 3 nitrogen and oxygen atoms in total. The van der Waals surface area contributed by atoms with Crippen LogP contribution in [0.5, 0.6) is 0 Å². The molecule has 1 N–H and O–H groups in total. The highest BCUT2D eigenvalue weighted by atomic mass is 15.2. The molecule has 3 heteroatoms. The van der Waals surface area contributed by atoms with Crippen LogP contribution in [0.1, 0.15) is 52.4 Å². The molecule has 1 saturated heterocycles. The lowest BCUT2D eigenvalue weighted by Crippen LogP contribution is -2.58. The second-order valence-electron chi connectivity index (χ2n) is 7.23. The molecule has 0 aromatic heterocycles. The summed E-state index contributed by atoms with van der Waals surface area (Å²) in [6.07, 6.45) is 7.60. The summed E-state index contributed by atoms with van der Waals surface area (Å²) >= 11 is 0. The molecular weight excluding hydrogens is 234 g/mol. The average Bonchev–Trinajstić information content (AvgIpc) is 3.25. The minimum absolute atomic E-state index is 0.254. The van der Waals surface area contributed by atoms with Crippen molar-refractivity contribution >= 4 is 0 Å². The number of piperidine rings is 1. The van der Waals surface area contributed by atoms with Gasteiger partial charge in [0, 0.05) is 18.6 Å². The van der Waals surface area contributed by atoms with Gasteiger partial charge in [-0.15, -0.1) is 0 Å². The molecule has 3 rings (SSSR count). The first-order chi connectivity index (χ1) is 9.13. The Hall–Kier alpha value is -0.590. The maximum Gasteiger partial charge on any atom is 0.122 e. The fourth-order valence-corrected chi connectivity index (χ4v) is 3.63. The number of rotatable bonds is 5. The van der Waals surface area contributed by atoms with Crippen LogP contribution in [0.15, 0.2) is 0 Å². The van der Waals surface area contributed by atoms with Gasteiger partial charge in [0.25, 0.3) is 0 Å². The lowest BCUT2D eigenvalue weighted by atomic mass is 9.88. The van der Waals surface area contributed by atoms with Crippen LogP contribution in [0, 0.1) is 23.2 Å². The molecule has 0 spiro atoms. The first-order valence-corrected chi connectivity index (χ1v) is 8.06. The summed E-state index contributed by atoms with van der Waals surface area (Å²) in [5.41, 5.74) is -0.254. The molecule has 1 heterocycles. The lowest BCUT2D eigenvalue weighted by Gasteiger charge is -2.41. The summed E-state index contributed by atoms with van der Waals surface area (Å²) in [7, 11) is 0. The molecule has 0 bridgehead atoms. The summed E-state index contributed by atoms with van der Waals surface area (Å²) in [5.74, 6) is 1.45. The van der Waals surface area contributed by atoms with Crippen LogP contribution in [0.2, 0.25) is 0 Å². The topological polar surface area (TPSA) is 39.1 Å². The number of hydrogen-bond donors (Lipinski definition) is 1. The van der Waals surface area contributed by atoms with Crippen molar-refractivity contribution in [2.45, 2.75) is 70.0 Å². The van der Waals surface area contributed by atoms with Gasteiger partial charge in [-0.3, -0.25) is 10.2 Å². The van der Waals surface area contributed by atoms with E-state index in [0.29, 0.717) is 18.0 Å². The van der Waals surface area contributed by atoms with E-state index in [2.05, 4.69) is 30.1 Å². The Balaban J connectivity index is 1.68. The quantitative estimate of drug-likeness (QED) is 0.826. The molecule has 106 valence electrons. The molecule has 3 unspecified atom stereocenters. The third-order valence-corrected chi connectivity index (χ3v) is 5.24. The van der Waals surface area contributed by atoms with Crippen molar-refractivity contribution in [1.29, 1.82) is 5.26 Å². The maximum absolute atomic E-state index is 9.79. The summed E-state index contributed by atoms with van der Waals surface area (Å²) < 4.78 is 0. The smallest absolute Gasteiger partial charge is 0.122 e. The highest BCUT2D eigenvalue weighted by Gasteiger charge is 2.49. The number of likely N-dealkylation sites (tertiary alicyclic amines) is 1. The van der Waals surface area contributed by atoms with E-state index in [4.69, 9.17) is 0 Å². The zero-order valence-corrected chi connectivity index (χ0v) is 12.4. The van der Waals surface area contributed by atoms with E-state index < -0.39 is 0 Å². The van der Waals surface area contributed by atoms with Crippen molar-refractivity contribution in [3.8, 4) is 6.07 Å². The third-order valence-electron chi connectivity index (χ3n) is 5.24. The molecule has 19 heavy (non-hydrogen) atoms. The Kier molecular flexibility index (Phi) is 3.57. The van der Waals surface area contributed by atoms with Crippen LogP contribution < -0.4 is 5.32 Å². The van der Waals surface area contributed by atoms with Gasteiger partial charge >= 0.3 is 0 Å². The van der Waals surface area contributed by atoms with Crippen LogP contribution in [0.25, 0.3) is 0 Å². The number of nitriles is 1. The zero-order chi connectivity index (χ0) is 13.5. The molecule has 0 radical (unpaired) electrons. The first kappa shape index (κ1) is 13.4. The molecule has 3 aliphatic rings. The highest BCUT2D eigenvalue weighted by molar-refractivity contribution is 5.19. The van der Waals surface area contributed by atoms with E-state index in [1.165, 1.54) is 45.1 Å². The van der Waals surface area contributed by atoms with Crippen LogP contribution >= 0.6 is 0 Å². The van der Waals surface area contributed by atoms with Crippen molar-refractivity contribution in [3.05, 3.63) is 0 Å². The van der Waals surface area contributed by atoms with Crippen LogP contribution in [0.3, 0.4) is 0 Å². The Labute approximate surface area is 117 Å². The molecular formula is C16H27N3. The van der Waals surface area contributed by atoms with E-state index in [0.717, 1.165) is 12.5 Å². The van der Waals surface area contributed by atoms with Crippen LogP contribution in [-0.4, -0.2) is 35.6 Å². The Morgan fingerprint density at radius 3 is 2.47 bits per heavy atom. The third kappa shape index (κ3) is 2.95. The standard InChI is InChI=1S/C16H27N3/c1-12-7-8-19(13(2)9-12)11-16(10-17,14-3-4-14)18-15-5-6-15/h12-15,18H,3-9,11H2,1-2H3. The number of nitrogens with one attached hydrogen (secondary N) is 1. The van der Waals surface area contributed by atoms with Gasteiger partial charge < -0.3 is 0 Å². The fraction of sp³-hybridized carbons (Fsp3) is 0.938. The van der Waals surface area contributed by atoms with Crippen LogP contribution in [0.4, 0.5) is 0 Å². The largest absolute Gasteiger partial charge is 0.298 e. The normalized spacial score (nSPS) is 35.6. The maximum atomic E-state index is 9.79. The molecule has 2 saturated carbocycles. The SMILES string of the molecule is CC1CCN(CC(C#N)(NC2CC2)C2CC2)C(C)C1. The van der Waals surface area contributed by atoms with Gasteiger partial charge in [-0.1, -0.05) is 6.92 Å². The van der Waals surface area contributed by atoms with Gasteiger partial charge in [-0.25, -0.2) is 0 Å². The van der Waals surface area contributed by atoms with E-state index in [1.54, 1.807) is 0 Å². The van der Waals surface area contributed by atoms with Gasteiger partial charge in [0.2, 0.25) is 0 Å². The minimum Gasteiger partial charge on any atom is -0.298 e. The Morgan fingerprint density at radius 2 is 1.95 bits per heavy atom.